The fraction of sp³-hybridized carbons (Fsp3) is 0.318. The average molecular weight is 856 g/mol. The number of amides is 3. The first-order valence-electron chi connectivity index (χ1n) is 19.4. The minimum absolute atomic E-state index is 0.106. The van der Waals surface area contributed by atoms with E-state index < -0.39 is 33.5 Å². The predicted molar refractivity (Wildman–Crippen MR) is 238 cm³/mol. The lowest BCUT2D eigenvalue weighted by atomic mass is 9.86. The molecular formula is C44H53N7O9S. The molecule has 0 bridgehead atoms. The molecule has 5 rings (SSSR count). The number of nitrogens with two attached hydrogens (primary N) is 1. The summed E-state index contributed by atoms with van der Waals surface area (Å²) >= 11 is 0. The first-order valence-corrected chi connectivity index (χ1v) is 21.3. The number of anilines is 5. The van der Waals surface area contributed by atoms with Gasteiger partial charge in [-0.2, -0.15) is 0 Å². The van der Waals surface area contributed by atoms with Crippen LogP contribution in [0.5, 0.6) is 23.0 Å². The zero-order chi connectivity index (χ0) is 44.6. The summed E-state index contributed by atoms with van der Waals surface area (Å²) in [7, 11) is 2.58. The number of fused-ring (bicyclic) bond motifs is 1. The number of aromatic nitrogens is 1. The summed E-state index contributed by atoms with van der Waals surface area (Å²) in [6, 6.07) is 21.2. The number of nitrogens with one attached hydrogen (secondary N) is 3. The maximum atomic E-state index is 13.4. The second kappa shape index (κ2) is 19.2. The topological polar surface area (TPSA) is 215 Å². The minimum atomic E-state index is -3.73. The number of carboxylic acids is 1. The van der Waals surface area contributed by atoms with Crippen LogP contribution in [-0.4, -0.2) is 88.5 Å². The number of rotatable bonds is 18. The highest BCUT2D eigenvalue weighted by molar-refractivity contribution is 7.92. The molecule has 5 aromatic rings. The van der Waals surface area contributed by atoms with Crippen molar-refractivity contribution in [3.8, 4) is 23.0 Å². The van der Waals surface area contributed by atoms with Crippen LogP contribution in [0.15, 0.2) is 85.1 Å². The highest BCUT2D eigenvalue weighted by Crippen LogP contribution is 2.46. The van der Waals surface area contributed by atoms with Crippen LogP contribution in [0, 0.1) is 0 Å². The van der Waals surface area contributed by atoms with Crippen LogP contribution in [0.4, 0.5) is 33.4 Å². The number of ether oxygens (including phenoxy) is 3. The van der Waals surface area contributed by atoms with E-state index >= 15 is 0 Å². The second-order valence-corrected chi connectivity index (χ2v) is 17.3. The Morgan fingerprint density at radius 3 is 2.23 bits per heavy atom. The van der Waals surface area contributed by atoms with Crippen molar-refractivity contribution in [1.82, 2.24) is 15.2 Å². The minimum Gasteiger partial charge on any atom is -0.496 e. The first kappa shape index (κ1) is 45.5. The Balaban J connectivity index is 1.38. The molecule has 1 atom stereocenters. The Kier molecular flexibility index (Phi) is 14.3. The molecule has 0 radical (unpaired) electrons. The van der Waals surface area contributed by atoms with Gasteiger partial charge in [0.25, 0.3) is 5.91 Å². The molecule has 0 spiro atoms. The zero-order valence-electron chi connectivity index (χ0n) is 35.5. The lowest BCUT2D eigenvalue weighted by Crippen LogP contribution is -2.35. The number of nitrogens with zero attached hydrogens (tertiary/aromatic N) is 3. The van der Waals surface area contributed by atoms with Crippen LogP contribution >= 0.6 is 0 Å². The van der Waals surface area contributed by atoms with E-state index in [0.717, 1.165) is 11.8 Å². The molecule has 3 amide bonds. The van der Waals surface area contributed by atoms with Crippen LogP contribution in [-0.2, 0) is 20.2 Å². The van der Waals surface area contributed by atoms with E-state index in [0.29, 0.717) is 76.6 Å². The number of unbranched alkanes of at least 4 members (excludes halogenated alkanes) is 1. The number of benzene rings is 4. The van der Waals surface area contributed by atoms with E-state index in [-0.39, 0.29) is 23.0 Å². The van der Waals surface area contributed by atoms with Gasteiger partial charge in [0, 0.05) is 41.3 Å². The third kappa shape index (κ3) is 11.4. The maximum absolute atomic E-state index is 13.4. The number of hydrogen-bond donors (Lipinski definition) is 5. The number of carbonyl (C=O) groups excluding carboxylic acids is 2. The summed E-state index contributed by atoms with van der Waals surface area (Å²) in [6.07, 6.45) is 4.35. The van der Waals surface area contributed by atoms with Crippen molar-refractivity contribution < 1.29 is 42.1 Å². The Morgan fingerprint density at radius 2 is 1.61 bits per heavy atom. The molecule has 1 heterocycles. The van der Waals surface area contributed by atoms with Gasteiger partial charge < -0.3 is 35.7 Å². The standard InChI is InChI=1S/C44H53N7O9S/c1-44(2,3)27-23-33(49-61(8,56)57)40(59-7)36(24-27)51(43(45)55)34-18-19-37(31-14-10-9-13-30(31)34)60-29-20-22-46-39(26-29)48-28-16-17-32(38(25-28)58-6)41(52)47-21-12-11-15-35(42(53)54)50(4)5/h9-10,13-14,16-20,22-26,35,49H,11-12,15,21H2,1-8H3,(H2,45,55)(H,46,48)(H,47,52)(H,53,54)/t35-/m0/s1. The zero-order valence-corrected chi connectivity index (χ0v) is 36.3. The average Bonchev–Trinajstić information content (AvgIpc) is 3.18. The maximum Gasteiger partial charge on any atom is 0.324 e. The lowest BCUT2D eigenvalue weighted by molar-refractivity contribution is -0.142. The van der Waals surface area contributed by atoms with Crippen LogP contribution < -0.4 is 40.2 Å². The van der Waals surface area contributed by atoms with Crippen molar-refractivity contribution in [2.45, 2.75) is 51.5 Å². The number of primary amides is 1. The van der Waals surface area contributed by atoms with Gasteiger partial charge in [-0.25, -0.2) is 18.2 Å². The number of aliphatic carboxylic acids is 1. The molecule has 0 saturated carbocycles. The van der Waals surface area contributed by atoms with Gasteiger partial charge in [-0.15, -0.1) is 0 Å². The van der Waals surface area contributed by atoms with Gasteiger partial charge in [0.15, 0.2) is 5.75 Å². The van der Waals surface area contributed by atoms with Crippen LogP contribution in [0.1, 0.15) is 56.0 Å². The lowest BCUT2D eigenvalue weighted by Gasteiger charge is -2.29. The molecule has 61 heavy (non-hydrogen) atoms. The highest BCUT2D eigenvalue weighted by Gasteiger charge is 2.28. The molecule has 0 saturated heterocycles. The van der Waals surface area contributed by atoms with E-state index in [9.17, 15) is 27.9 Å². The van der Waals surface area contributed by atoms with Gasteiger partial charge in [-0.05, 0) is 86.8 Å². The predicted octanol–water partition coefficient (Wildman–Crippen LogP) is 7.59. The monoisotopic (exact) mass is 855 g/mol. The second-order valence-electron chi connectivity index (χ2n) is 15.6. The van der Waals surface area contributed by atoms with E-state index in [1.165, 1.54) is 19.1 Å². The third-order valence-electron chi connectivity index (χ3n) is 9.77. The van der Waals surface area contributed by atoms with E-state index in [2.05, 4.69) is 20.3 Å². The molecule has 17 heteroatoms. The van der Waals surface area contributed by atoms with Crippen molar-refractivity contribution in [3.05, 3.63) is 96.2 Å². The molecule has 6 N–H and O–H groups in total. The van der Waals surface area contributed by atoms with Crippen molar-refractivity contribution >= 4 is 67.3 Å². The SMILES string of the molecule is COc1cc(Nc2cc(Oc3ccc(N(C(N)=O)c4cc(C(C)(C)C)cc(NS(C)(=O)=O)c4OC)c4ccccc34)ccn2)ccc1C(=O)NCCCC[C@@H](C(=O)O)N(C)C. The number of hydrogen-bond acceptors (Lipinski definition) is 11. The fourth-order valence-corrected chi connectivity index (χ4v) is 7.30. The molecule has 324 valence electrons. The summed E-state index contributed by atoms with van der Waals surface area (Å²) in [5, 5.41) is 16.7. The van der Waals surface area contributed by atoms with Crippen LogP contribution in [0.3, 0.4) is 0 Å². The van der Waals surface area contributed by atoms with Crippen LogP contribution in [0.25, 0.3) is 10.8 Å². The molecule has 0 aliphatic rings. The number of pyridine rings is 1. The summed E-state index contributed by atoms with van der Waals surface area (Å²) in [6.45, 7) is 6.27. The van der Waals surface area contributed by atoms with Crippen molar-refractivity contribution in [1.29, 1.82) is 0 Å². The van der Waals surface area contributed by atoms with Gasteiger partial charge in [0.05, 0.1) is 43.1 Å². The van der Waals surface area contributed by atoms with Crippen molar-refractivity contribution in [3.63, 3.8) is 0 Å². The normalized spacial score (nSPS) is 12.1. The number of likely N-dealkylation sites (N-methyl/N-ethyl adjacent to an activating group) is 1. The van der Waals surface area contributed by atoms with Gasteiger partial charge >= 0.3 is 12.0 Å². The highest BCUT2D eigenvalue weighted by atomic mass is 32.2. The quantitative estimate of drug-likeness (QED) is 0.0539. The first-order chi connectivity index (χ1) is 28.8. The summed E-state index contributed by atoms with van der Waals surface area (Å²) < 4.78 is 45.0. The molecule has 4 aromatic carbocycles. The largest absolute Gasteiger partial charge is 0.496 e. The molecule has 0 aliphatic heterocycles. The molecule has 0 aliphatic carbocycles. The van der Waals surface area contributed by atoms with E-state index in [1.54, 1.807) is 79.8 Å². The number of carbonyl (C=O) groups is 3. The number of urea groups is 1. The molecule has 0 fully saturated rings. The Labute approximate surface area is 356 Å². The molecular weight excluding hydrogens is 803 g/mol. The van der Waals surface area contributed by atoms with Gasteiger partial charge in [0.1, 0.15) is 29.1 Å². The number of methoxy groups -OCH3 is 2. The van der Waals surface area contributed by atoms with Gasteiger partial charge in [0.2, 0.25) is 10.0 Å². The molecule has 16 nitrogen and oxygen atoms in total. The van der Waals surface area contributed by atoms with Crippen LogP contribution in [0.2, 0.25) is 0 Å². The van der Waals surface area contributed by atoms with Crippen molar-refractivity contribution in [2.24, 2.45) is 5.73 Å². The molecule has 1 aromatic heterocycles. The number of carboxylic acid groups (broad SMARTS) is 1. The van der Waals surface area contributed by atoms with Crippen molar-refractivity contribution in [2.75, 3.05) is 56.1 Å². The summed E-state index contributed by atoms with van der Waals surface area (Å²) in [4.78, 5) is 45.3. The smallest absolute Gasteiger partial charge is 0.324 e. The fourth-order valence-electron chi connectivity index (χ4n) is 6.75. The Hall–Kier alpha value is -6.59. The third-order valence-corrected chi connectivity index (χ3v) is 10.4. The Bertz CT molecular complexity index is 2520. The molecule has 0 unspecified atom stereocenters. The van der Waals surface area contributed by atoms with E-state index in [1.807, 2.05) is 45.0 Å². The van der Waals surface area contributed by atoms with Gasteiger partial charge in [-0.1, -0.05) is 45.0 Å². The summed E-state index contributed by atoms with van der Waals surface area (Å²) in [5.74, 6) is 0.613. The number of sulfonamides is 1. The Morgan fingerprint density at radius 1 is 0.885 bits per heavy atom. The van der Waals surface area contributed by atoms with Gasteiger partial charge in [-0.3, -0.25) is 24.1 Å². The van der Waals surface area contributed by atoms with E-state index in [4.69, 9.17) is 19.9 Å². The summed E-state index contributed by atoms with van der Waals surface area (Å²) in [5.41, 5.74) is 8.11.